The maximum absolute atomic E-state index is 12.5. The summed E-state index contributed by atoms with van der Waals surface area (Å²) >= 11 is 0. The average molecular weight is 326 g/mol. The van der Waals surface area contributed by atoms with Crippen LogP contribution in [0.3, 0.4) is 0 Å². The highest BCUT2D eigenvalue weighted by molar-refractivity contribution is 7.92. The minimum Gasteiger partial charge on any atom is -0.378 e. The fourth-order valence-electron chi connectivity index (χ4n) is 2.73. The smallest absolute Gasteiger partial charge is 0.236 e. The Bertz CT molecular complexity index is 629. The number of ether oxygens (including phenoxy) is 1. The van der Waals surface area contributed by atoms with E-state index in [-0.39, 0.29) is 5.75 Å². The van der Waals surface area contributed by atoms with Gasteiger partial charge in [0.15, 0.2) is 5.82 Å². The van der Waals surface area contributed by atoms with Crippen LogP contribution in [0.1, 0.15) is 25.3 Å². The molecule has 1 saturated heterocycles. The van der Waals surface area contributed by atoms with Crippen LogP contribution in [-0.2, 0) is 21.2 Å². The van der Waals surface area contributed by atoms with Crippen LogP contribution in [0.2, 0.25) is 0 Å². The third-order valence-corrected chi connectivity index (χ3v) is 5.87. The topological polar surface area (TPSA) is 75.6 Å². The van der Waals surface area contributed by atoms with Gasteiger partial charge in [-0.3, -0.25) is 4.31 Å². The fourth-order valence-corrected chi connectivity index (χ4v) is 4.40. The van der Waals surface area contributed by atoms with Crippen LogP contribution < -0.4 is 9.21 Å². The van der Waals surface area contributed by atoms with Gasteiger partial charge in [0, 0.05) is 31.4 Å². The summed E-state index contributed by atoms with van der Waals surface area (Å²) in [5.74, 6) is 1.34. The molecular weight excluding hydrogens is 304 g/mol. The van der Waals surface area contributed by atoms with Gasteiger partial charge >= 0.3 is 0 Å². The van der Waals surface area contributed by atoms with E-state index in [0.29, 0.717) is 44.4 Å². The SMILES string of the molecule is CCCCS(=O)(=O)N1CCc2cnc(N3CCOCC3)nc21. The Morgan fingerprint density at radius 3 is 2.77 bits per heavy atom. The number of sulfonamides is 1. The van der Waals surface area contributed by atoms with Crippen LogP contribution in [-0.4, -0.2) is 57.0 Å². The zero-order valence-corrected chi connectivity index (χ0v) is 13.7. The van der Waals surface area contributed by atoms with Crippen molar-refractivity contribution in [3.05, 3.63) is 11.8 Å². The monoisotopic (exact) mass is 326 g/mol. The van der Waals surface area contributed by atoms with Crippen molar-refractivity contribution in [1.82, 2.24) is 9.97 Å². The van der Waals surface area contributed by atoms with Gasteiger partial charge in [-0.1, -0.05) is 13.3 Å². The average Bonchev–Trinajstić information content (AvgIpc) is 2.98. The molecule has 0 radical (unpaired) electrons. The fraction of sp³-hybridized carbons (Fsp3) is 0.714. The van der Waals surface area contributed by atoms with Gasteiger partial charge in [-0.05, 0) is 12.8 Å². The lowest BCUT2D eigenvalue weighted by atomic mass is 10.3. The molecule has 2 aliphatic heterocycles. The van der Waals surface area contributed by atoms with Crippen LogP contribution in [0.5, 0.6) is 0 Å². The maximum Gasteiger partial charge on any atom is 0.236 e. The Morgan fingerprint density at radius 2 is 2.05 bits per heavy atom. The molecule has 1 aromatic heterocycles. The number of unbranched alkanes of at least 4 members (excludes halogenated alkanes) is 1. The molecule has 0 amide bonds. The molecule has 0 bridgehead atoms. The van der Waals surface area contributed by atoms with E-state index < -0.39 is 10.0 Å². The first-order valence-corrected chi connectivity index (χ1v) is 9.42. The Hall–Kier alpha value is -1.41. The number of hydrogen-bond donors (Lipinski definition) is 0. The predicted octanol–water partition coefficient (Wildman–Crippen LogP) is 0.806. The van der Waals surface area contributed by atoms with E-state index in [4.69, 9.17) is 4.74 Å². The van der Waals surface area contributed by atoms with Gasteiger partial charge in [0.25, 0.3) is 0 Å². The Balaban J connectivity index is 1.85. The van der Waals surface area contributed by atoms with Gasteiger partial charge in [-0.2, -0.15) is 4.98 Å². The van der Waals surface area contributed by atoms with Crippen molar-refractivity contribution >= 4 is 21.8 Å². The number of aromatic nitrogens is 2. The number of fused-ring (bicyclic) bond motifs is 1. The van der Waals surface area contributed by atoms with Gasteiger partial charge in [0.05, 0.1) is 19.0 Å². The number of nitrogens with zero attached hydrogens (tertiary/aromatic N) is 4. The Morgan fingerprint density at radius 1 is 1.27 bits per heavy atom. The van der Waals surface area contributed by atoms with Crippen molar-refractivity contribution in [3.63, 3.8) is 0 Å². The largest absolute Gasteiger partial charge is 0.378 e. The van der Waals surface area contributed by atoms with Crippen LogP contribution in [0, 0.1) is 0 Å². The third-order valence-electron chi connectivity index (χ3n) is 4.03. The van der Waals surface area contributed by atoms with Crippen molar-refractivity contribution in [2.75, 3.05) is 47.8 Å². The number of hydrogen-bond acceptors (Lipinski definition) is 6. The maximum atomic E-state index is 12.5. The number of anilines is 2. The minimum atomic E-state index is -3.28. The van der Waals surface area contributed by atoms with E-state index >= 15 is 0 Å². The summed E-state index contributed by atoms with van der Waals surface area (Å²) in [6, 6.07) is 0. The molecule has 1 aromatic rings. The Labute approximate surface area is 131 Å². The molecule has 3 heterocycles. The van der Waals surface area contributed by atoms with Crippen molar-refractivity contribution in [3.8, 4) is 0 Å². The van der Waals surface area contributed by atoms with E-state index in [9.17, 15) is 8.42 Å². The minimum absolute atomic E-state index is 0.180. The Kier molecular flexibility index (Phi) is 4.49. The van der Waals surface area contributed by atoms with E-state index in [1.54, 1.807) is 6.20 Å². The second-order valence-corrected chi connectivity index (χ2v) is 7.62. The molecule has 0 saturated carbocycles. The van der Waals surface area contributed by atoms with Crippen molar-refractivity contribution in [2.24, 2.45) is 0 Å². The molecule has 22 heavy (non-hydrogen) atoms. The van der Waals surface area contributed by atoms with Gasteiger partial charge in [-0.25, -0.2) is 13.4 Å². The first kappa shape index (κ1) is 15.5. The summed E-state index contributed by atoms with van der Waals surface area (Å²) in [6.45, 7) is 5.25. The molecular formula is C14H22N4O3S. The van der Waals surface area contributed by atoms with Gasteiger partial charge < -0.3 is 9.64 Å². The second kappa shape index (κ2) is 6.37. The van der Waals surface area contributed by atoms with E-state index in [1.165, 1.54) is 4.31 Å². The zero-order chi connectivity index (χ0) is 15.6. The van der Waals surface area contributed by atoms with Crippen LogP contribution in [0.15, 0.2) is 6.20 Å². The highest BCUT2D eigenvalue weighted by Gasteiger charge is 2.31. The van der Waals surface area contributed by atoms with E-state index in [1.807, 2.05) is 11.8 Å². The quantitative estimate of drug-likeness (QED) is 0.797. The van der Waals surface area contributed by atoms with Crippen molar-refractivity contribution < 1.29 is 13.2 Å². The molecule has 0 unspecified atom stereocenters. The summed E-state index contributed by atoms with van der Waals surface area (Å²) in [7, 11) is -3.28. The predicted molar refractivity (Wildman–Crippen MR) is 84.8 cm³/mol. The highest BCUT2D eigenvalue weighted by atomic mass is 32.2. The molecule has 2 aliphatic rings. The zero-order valence-electron chi connectivity index (χ0n) is 12.9. The van der Waals surface area contributed by atoms with E-state index in [2.05, 4.69) is 9.97 Å². The molecule has 0 aliphatic carbocycles. The molecule has 3 rings (SSSR count). The molecule has 1 fully saturated rings. The summed E-state index contributed by atoms with van der Waals surface area (Å²) in [5, 5.41) is 0. The second-order valence-electron chi connectivity index (χ2n) is 5.61. The van der Waals surface area contributed by atoms with E-state index in [0.717, 1.165) is 25.1 Å². The number of rotatable bonds is 5. The normalized spacial score (nSPS) is 18.6. The first-order valence-electron chi connectivity index (χ1n) is 7.81. The third kappa shape index (κ3) is 3.03. The lowest BCUT2D eigenvalue weighted by molar-refractivity contribution is 0.122. The van der Waals surface area contributed by atoms with Crippen LogP contribution in [0.4, 0.5) is 11.8 Å². The molecule has 7 nitrogen and oxygen atoms in total. The first-order chi connectivity index (χ1) is 10.6. The number of morpholine rings is 1. The van der Waals surface area contributed by atoms with Gasteiger partial charge in [0.1, 0.15) is 0 Å². The van der Waals surface area contributed by atoms with Crippen molar-refractivity contribution in [1.29, 1.82) is 0 Å². The lowest BCUT2D eigenvalue weighted by Gasteiger charge is -2.27. The molecule has 8 heteroatoms. The molecule has 0 spiro atoms. The van der Waals surface area contributed by atoms with Crippen LogP contribution in [0.25, 0.3) is 0 Å². The van der Waals surface area contributed by atoms with Crippen molar-refractivity contribution in [2.45, 2.75) is 26.2 Å². The summed E-state index contributed by atoms with van der Waals surface area (Å²) in [4.78, 5) is 11.0. The molecule has 0 aromatic carbocycles. The summed E-state index contributed by atoms with van der Waals surface area (Å²) in [5.41, 5.74) is 0.914. The molecule has 0 N–H and O–H groups in total. The van der Waals surface area contributed by atoms with Gasteiger partial charge in [-0.15, -0.1) is 0 Å². The standard InChI is InChI=1S/C14H22N4O3S/c1-2-3-10-22(19,20)18-5-4-12-11-15-14(16-13(12)18)17-6-8-21-9-7-17/h11H,2-10H2,1H3. The summed E-state index contributed by atoms with van der Waals surface area (Å²) in [6.07, 6.45) is 3.99. The molecule has 122 valence electrons. The highest BCUT2D eigenvalue weighted by Crippen LogP contribution is 2.30. The van der Waals surface area contributed by atoms with Crippen LogP contribution >= 0.6 is 0 Å². The summed E-state index contributed by atoms with van der Waals surface area (Å²) < 4.78 is 31.7. The lowest BCUT2D eigenvalue weighted by Crippen LogP contribution is -2.38. The van der Waals surface area contributed by atoms with Gasteiger partial charge in [0.2, 0.25) is 16.0 Å². The molecule has 0 atom stereocenters.